The minimum Gasteiger partial charge on any atom is -0.479 e. The van der Waals surface area contributed by atoms with Gasteiger partial charge in [-0.1, -0.05) is 0 Å². The predicted molar refractivity (Wildman–Crippen MR) is 61.5 cm³/mol. The quantitative estimate of drug-likeness (QED) is 0.844. The number of amides is 1. The van der Waals surface area contributed by atoms with Gasteiger partial charge in [0.05, 0.1) is 13.2 Å². The molecule has 2 rings (SSSR count). The fraction of sp³-hybridized carbons (Fsp3) is 0.500. The van der Waals surface area contributed by atoms with E-state index < -0.39 is 12.1 Å². The van der Waals surface area contributed by atoms with Crippen LogP contribution in [0.1, 0.15) is 21.9 Å². The smallest absolute Gasteiger partial charge is 0.334 e. The number of ether oxygens (including phenoxy) is 1. The molecular weight excluding hydrogens is 238 g/mol. The van der Waals surface area contributed by atoms with Crippen LogP contribution in [0.4, 0.5) is 0 Å². The molecule has 0 aliphatic carbocycles. The van der Waals surface area contributed by atoms with Crippen LogP contribution in [0.25, 0.3) is 0 Å². The lowest BCUT2D eigenvalue weighted by molar-refractivity contribution is -0.154. The summed E-state index contributed by atoms with van der Waals surface area (Å²) in [6, 6.07) is 1.78. The SMILES string of the molecule is Cc1cc(C)c(C(=O)N2CCO[C@@H](C(=O)O)C2)o1. The Kier molecular flexibility index (Phi) is 3.38. The Bertz CT molecular complexity index is 479. The summed E-state index contributed by atoms with van der Waals surface area (Å²) in [7, 11) is 0. The summed E-state index contributed by atoms with van der Waals surface area (Å²) in [4.78, 5) is 24.5. The number of aryl methyl sites for hydroxylation is 2. The fourth-order valence-electron chi connectivity index (χ4n) is 1.98. The van der Waals surface area contributed by atoms with Crippen LogP contribution in [0, 0.1) is 13.8 Å². The van der Waals surface area contributed by atoms with E-state index >= 15 is 0 Å². The topological polar surface area (TPSA) is 80.0 Å². The van der Waals surface area contributed by atoms with Gasteiger partial charge in [-0.2, -0.15) is 0 Å². The van der Waals surface area contributed by atoms with Crippen LogP contribution in [-0.4, -0.2) is 47.7 Å². The molecule has 1 fully saturated rings. The molecule has 1 N–H and O–H groups in total. The summed E-state index contributed by atoms with van der Waals surface area (Å²) in [6.45, 7) is 4.21. The number of morpholine rings is 1. The Morgan fingerprint density at radius 1 is 1.44 bits per heavy atom. The second-order valence-electron chi connectivity index (χ2n) is 4.32. The van der Waals surface area contributed by atoms with Gasteiger partial charge in [0, 0.05) is 12.1 Å². The summed E-state index contributed by atoms with van der Waals surface area (Å²) in [5, 5.41) is 8.88. The van der Waals surface area contributed by atoms with E-state index in [0.717, 1.165) is 5.56 Å². The van der Waals surface area contributed by atoms with E-state index in [9.17, 15) is 9.59 Å². The van der Waals surface area contributed by atoms with E-state index in [0.29, 0.717) is 12.3 Å². The molecule has 98 valence electrons. The van der Waals surface area contributed by atoms with Gasteiger partial charge in [0.25, 0.3) is 5.91 Å². The van der Waals surface area contributed by atoms with Crippen LogP contribution in [0.3, 0.4) is 0 Å². The third kappa shape index (κ3) is 2.38. The predicted octanol–water partition coefficient (Wildman–Crippen LogP) is 0.822. The number of hydrogen-bond acceptors (Lipinski definition) is 4. The molecule has 0 bridgehead atoms. The number of hydrogen-bond donors (Lipinski definition) is 1. The van der Waals surface area contributed by atoms with E-state index in [1.165, 1.54) is 4.90 Å². The summed E-state index contributed by atoms with van der Waals surface area (Å²) < 4.78 is 10.4. The third-order valence-electron chi connectivity index (χ3n) is 2.86. The highest BCUT2D eigenvalue weighted by molar-refractivity contribution is 5.93. The Hall–Kier alpha value is -1.82. The van der Waals surface area contributed by atoms with E-state index in [-0.39, 0.29) is 24.8 Å². The highest BCUT2D eigenvalue weighted by atomic mass is 16.5. The summed E-state index contributed by atoms with van der Waals surface area (Å²) in [6.07, 6.45) is -0.959. The number of carboxylic acids is 1. The van der Waals surface area contributed by atoms with Crippen molar-refractivity contribution in [3.05, 3.63) is 23.2 Å². The maximum absolute atomic E-state index is 12.2. The summed E-state index contributed by atoms with van der Waals surface area (Å²) in [5.74, 6) is -0.396. The van der Waals surface area contributed by atoms with Crippen molar-refractivity contribution >= 4 is 11.9 Å². The zero-order valence-corrected chi connectivity index (χ0v) is 10.3. The monoisotopic (exact) mass is 253 g/mol. The normalized spacial score (nSPS) is 19.9. The lowest BCUT2D eigenvalue weighted by Gasteiger charge is -2.30. The molecule has 1 saturated heterocycles. The van der Waals surface area contributed by atoms with Gasteiger partial charge in [0.2, 0.25) is 0 Å². The van der Waals surface area contributed by atoms with Gasteiger partial charge >= 0.3 is 5.97 Å². The van der Waals surface area contributed by atoms with E-state index in [2.05, 4.69) is 0 Å². The summed E-state index contributed by atoms with van der Waals surface area (Å²) >= 11 is 0. The third-order valence-corrected chi connectivity index (χ3v) is 2.86. The molecule has 0 spiro atoms. The molecule has 6 nitrogen and oxygen atoms in total. The number of aliphatic carboxylic acids is 1. The first-order valence-electron chi connectivity index (χ1n) is 5.69. The van der Waals surface area contributed by atoms with Crippen LogP contribution >= 0.6 is 0 Å². The van der Waals surface area contributed by atoms with Gasteiger partial charge in [-0.3, -0.25) is 4.79 Å². The molecule has 0 unspecified atom stereocenters. The molecule has 6 heteroatoms. The van der Waals surface area contributed by atoms with Crippen molar-refractivity contribution in [1.82, 2.24) is 4.90 Å². The molecular formula is C12H15NO5. The minimum absolute atomic E-state index is 0.0490. The molecule has 1 aromatic rings. The summed E-state index contributed by atoms with van der Waals surface area (Å²) in [5.41, 5.74) is 0.760. The van der Waals surface area contributed by atoms with Crippen molar-refractivity contribution in [2.75, 3.05) is 19.7 Å². The second kappa shape index (κ2) is 4.81. The zero-order chi connectivity index (χ0) is 13.3. The highest BCUT2D eigenvalue weighted by Gasteiger charge is 2.31. The van der Waals surface area contributed by atoms with Gasteiger partial charge < -0.3 is 19.2 Å². The minimum atomic E-state index is -1.06. The van der Waals surface area contributed by atoms with Crippen molar-refractivity contribution < 1.29 is 23.8 Å². The Morgan fingerprint density at radius 2 is 2.17 bits per heavy atom. The first kappa shape index (κ1) is 12.6. The molecule has 1 aromatic heterocycles. The Labute approximate surface area is 104 Å². The number of carbonyl (C=O) groups excluding carboxylic acids is 1. The molecule has 1 aliphatic rings. The van der Waals surface area contributed by atoms with Crippen LogP contribution in [0.15, 0.2) is 10.5 Å². The van der Waals surface area contributed by atoms with Crippen molar-refractivity contribution in [2.24, 2.45) is 0 Å². The van der Waals surface area contributed by atoms with Gasteiger partial charge in [0.15, 0.2) is 11.9 Å². The number of rotatable bonds is 2. The van der Waals surface area contributed by atoms with Gasteiger partial charge in [-0.25, -0.2) is 4.79 Å². The fourth-order valence-corrected chi connectivity index (χ4v) is 1.98. The highest BCUT2D eigenvalue weighted by Crippen LogP contribution is 2.17. The maximum Gasteiger partial charge on any atom is 0.334 e. The van der Waals surface area contributed by atoms with Crippen molar-refractivity contribution in [1.29, 1.82) is 0 Å². The van der Waals surface area contributed by atoms with Crippen LogP contribution < -0.4 is 0 Å². The molecule has 1 aliphatic heterocycles. The van der Waals surface area contributed by atoms with E-state index in [1.807, 2.05) is 0 Å². The first-order chi connectivity index (χ1) is 8.49. The van der Waals surface area contributed by atoms with Gasteiger partial charge in [-0.15, -0.1) is 0 Å². The maximum atomic E-state index is 12.2. The molecule has 0 aromatic carbocycles. The number of carboxylic acid groups (broad SMARTS) is 1. The average Bonchev–Trinajstić information content (AvgIpc) is 2.67. The van der Waals surface area contributed by atoms with Crippen molar-refractivity contribution in [2.45, 2.75) is 20.0 Å². The van der Waals surface area contributed by atoms with Crippen LogP contribution in [0.5, 0.6) is 0 Å². The zero-order valence-electron chi connectivity index (χ0n) is 10.3. The molecule has 2 heterocycles. The molecule has 0 radical (unpaired) electrons. The molecule has 18 heavy (non-hydrogen) atoms. The van der Waals surface area contributed by atoms with Gasteiger partial charge in [-0.05, 0) is 19.9 Å². The first-order valence-corrected chi connectivity index (χ1v) is 5.69. The number of nitrogens with zero attached hydrogens (tertiary/aromatic N) is 1. The van der Waals surface area contributed by atoms with Crippen LogP contribution in [-0.2, 0) is 9.53 Å². The lowest BCUT2D eigenvalue weighted by atomic mass is 10.2. The Balaban J connectivity index is 2.14. The van der Waals surface area contributed by atoms with Gasteiger partial charge in [0.1, 0.15) is 5.76 Å². The van der Waals surface area contributed by atoms with Crippen molar-refractivity contribution in [3.63, 3.8) is 0 Å². The standard InChI is InChI=1S/C12H15NO5/c1-7-5-8(2)18-10(7)11(14)13-3-4-17-9(6-13)12(15)16/h5,9H,3-4,6H2,1-2H3,(H,15,16)/t9-/m1/s1. The number of carbonyl (C=O) groups is 2. The lowest BCUT2D eigenvalue weighted by Crippen LogP contribution is -2.48. The number of furan rings is 1. The second-order valence-corrected chi connectivity index (χ2v) is 4.32. The van der Waals surface area contributed by atoms with E-state index in [1.54, 1.807) is 19.9 Å². The van der Waals surface area contributed by atoms with Crippen molar-refractivity contribution in [3.8, 4) is 0 Å². The average molecular weight is 253 g/mol. The molecule has 1 amide bonds. The van der Waals surface area contributed by atoms with E-state index in [4.69, 9.17) is 14.3 Å². The Morgan fingerprint density at radius 3 is 2.72 bits per heavy atom. The molecule has 1 atom stereocenters. The van der Waals surface area contributed by atoms with Crippen LogP contribution in [0.2, 0.25) is 0 Å². The largest absolute Gasteiger partial charge is 0.479 e. The molecule has 0 saturated carbocycles.